The van der Waals surface area contributed by atoms with Gasteiger partial charge in [0.05, 0.1) is 11.0 Å². The molecule has 11 rings (SSSR count). The summed E-state index contributed by atoms with van der Waals surface area (Å²) in [6.45, 7) is 0. The first kappa shape index (κ1) is 27.3. The SMILES string of the molecule is c1cc(-c2ccc3c4ccccc4c4ccccc4c3c2)cc(-n2c3ccccc3c3ccc(-c4cccc5c4oc4ccccc45)cc32)c1. The normalized spacial score (nSPS) is 12.0. The zero-order chi connectivity index (χ0) is 32.8. The third kappa shape index (κ3) is 3.90. The second kappa shape index (κ2) is 10.4. The summed E-state index contributed by atoms with van der Waals surface area (Å²) in [5.74, 6) is 0. The van der Waals surface area contributed by atoms with Crippen LogP contribution in [0, 0.1) is 0 Å². The van der Waals surface area contributed by atoms with Crippen LogP contribution in [0.3, 0.4) is 0 Å². The van der Waals surface area contributed by atoms with Gasteiger partial charge in [0.2, 0.25) is 0 Å². The monoisotopic (exact) mass is 635 g/mol. The van der Waals surface area contributed by atoms with E-state index in [1.165, 1.54) is 65.3 Å². The van der Waals surface area contributed by atoms with E-state index in [2.05, 4.69) is 168 Å². The lowest BCUT2D eigenvalue weighted by Gasteiger charge is -2.13. The number of para-hydroxylation sites is 3. The van der Waals surface area contributed by atoms with Gasteiger partial charge < -0.3 is 8.98 Å². The summed E-state index contributed by atoms with van der Waals surface area (Å²) in [7, 11) is 0. The molecule has 0 amide bonds. The van der Waals surface area contributed by atoms with Gasteiger partial charge in [-0.3, -0.25) is 0 Å². The molecule has 0 aliphatic carbocycles. The van der Waals surface area contributed by atoms with Gasteiger partial charge in [-0.1, -0.05) is 140 Å². The molecule has 0 fully saturated rings. The summed E-state index contributed by atoms with van der Waals surface area (Å²) in [5, 5.41) is 12.5. The molecule has 0 saturated carbocycles. The molecule has 232 valence electrons. The highest BCUT2D eigenvalue weighted by Gasteiger charge is 2.17. The summed E-state index contributed by atoms with van der Waals surface area (Å²) in [6.07, 6.45) is 0. The molecule has 0 N–H and O–H groups in total. The van der Waals surface area contributed by atoms with Gasteiger partial charge in [0, 0.05) is 32.8 Å². The predicted molar refractivity (Wildman–Crippen MR) is 211 cm³/mol. The smallest absolute Gasteiger partial charge is 0.143 e. The Kier molecular flexibility index (Phi) is 5.70. The van der Waals surface area contributed by atoms with E-state index in [9.17, 15) is 0 Å². The Morgan fingerprint density at radius 3 is 1.68 bits per heavy atom. The molecule has 0 saturated heterocycles. The molecule has 2 heteroatoms. The van der Waals surface area contributed by atoms with Crippen LogP contribution in [0.15, 0.2) is 180 Å². The number of furan rings is 1. The predicted octanol–water partition coefficient (Wildman–Crippen LogP) is 13.5. The van der Waals surface area contributed by atoms with E-state index in [1.807, 2.05) is 12.1 Å². The third-order valence-corrected chi connectivity index (χ3v) is 10.6. The minimum Gasteiger partial charge on any atom is -0.455 e. The molecule has 0 spiro atoms. The van der Waals surface area contributed by atoms with Gasteiger partial charge in [-0.2, -0.15) is 0 Å². The second-order valence-corrected chi connectivity index (χ2v) is 13.3. The molecule has 9 aromatic carbocycles. The van der Waals surface area contributed by atoms with Gasteiger partial charge in [0.25, 0.3) is 0 Å². The van der Waals surface area contributed by atoms with Crippen molar-refractivity contribution >= 4 is 76.1 Å². The zero-order valence-corrected chi connectivity index (χ0v) is 27.1. The number of hydrogen-bond acceptors (Lipinski definition) is 1. The Morgan fingerprint density at radius 2 is 0.880 bits per heavy atom. The largest absolute Gasteiger partial charge is 0.455 e. The van der Waals surface area contributed by atoms with Crippen LogP contribution < -0.4 is 0 Å². The molecule has 0 radical (unpaired) electrons. The fourth-order valence-electron chi connectivity index (χ4n) is 8.30. The van der Waals surface area contributed by atoms with Gasteiger partial charge in [-0.05, 0) is 85.4 Å². The number of fused-ring (bicyclic) bond motifs is 12. The Hall–Kier alpha value is -6.64. The van der Waals surface area contributed by atoms with E-state index in [1.54, 1.807) is 0 Å². The van der Waals surface area contributed by atoms with Crippen molar-refractivity contribution in [3.8, 4) is 27.9 Å². The molecule has 50 heavy (non-hydrogen) atoms. The van der Waals surface area contributed by atoms with Crippen molar-refractivity contribution < 1.29 is 4.42 Å². The molecular formula is C48H29NO. The van der Waals surface area contributed by atoms with Gasteiger partial charge in [-0.25, -0.2) is 0 Å². The summed E-state index contributed by atoms with van der Waals surface area (Å²) >= 11 is 0. The van der Waals surface area contributed by atoms with Crippen LogP contribution in [0.25, 0.3) is 104 Å². The number of aromatic nitrogens is 1. The van der Waals surface area contributed by atoms with E-state index >= 15 is 0 Å². The molecule has 0 unspecified atom stereocenters. The minimum absolute atomic E-state index is 0.914. The minimum atomic E-state index is 0.914. The van der Waals surface area contributed by atoms with Gasteiger partial charge in [0.15, 0.2) is 0 Å². The molecule has 2 aromatic heterocycles. The van der Waals surface area contributed by atoms with Gasteiger partial charge in [-0.15, -0.1) is 0 Å². The lowest BCUT2D eigenvalue weighted by molar-refractivity contribution is 0.670. The van der Waals surface area contributed by atoms with Crippen molar-refractivity contribution in [2.75, 3.05) is 0 Å². The zero-order valence-electron chi connectivity index (χ0n) is 27.1. The van der Waals surface area contributed by atoms with Crippen molar-refractivity contribution in [3.63, 3.8) is 0 Å². The van der Waals surface area contributed by atoms with Crippen LogP contribution in [0.1, 0.15) is 0 Å². The van der Waals surface area contributed by atoms with Crippen molar-refractivity contribution in [2.24, 2.45) is 0 Å². The first-order valence-corrected chi connectivity index (χ1v) is 17.2. The van der Waals surface area contributed by atoms with E-state index in [0.29, 0.717) is 0 Å². The summed E-state index contributed by atoms with van der Waals surface area (Å²) in [4.78, 5) is 0. The van der Waals surface area contributed by atoms with Crippen LogP contribution in [-0.2, 0) is 0 Å². The number of hydrogen-bond donors (Lipinski definition) is 0. The molecule has 2 heterocycles. The summed E-state index contributed by atoms with van der Waals surface area (Å²) in [6, 6.07) is 63.8. The second-order valence-electron chi connectivity index (χ2n) is 13.3. The maximum atomic E-state index is 6.46. The number of rotatable bonds is 3. The Balaban J connectivity index is 1.12. The van der Waals surface area contributed by atoms with Crippen molar-refractivity contribution in [1.29, 1.82) is 0 Å². The van der Waals surface area contributed by atoms with E-state index < -0.39 is 0 Å². The highest BCUT2D eigenvalue weighted by Crippen LogP contribution is 2.41. The lowest BCUT2D eigenvalue weighted by Crippen LogP contribution is -1.94. The van der Waals surface area contributed by atoms with Crippen molar-refractivity contribution in [3.05, 3.63) is 176 Å². The fraction of sp³-hybridized carbons (Fsp3) is 0. The Labute approximate surface area is 288 Å². The van der Waals surface area contributed by atoms with E-state index in [0.717, 1.165) is 38.8 Å². The average molecular weight is 636 g/mol. The quantitative estimate of drug-likeness (QED) is 0.177. The molecule has 0 aliphatic rings. The fourth-order valence-corrected chi connectivity index (χ4v) is 8.30. The van der Waals surface area contributed by atoms with Crippen LogP contribution in [0.4, 0.5) is 0 Å². The maximum Gasteiger partial charge on any atom is 0.143 e. The molecule has 0 aliphatic heterocycles. The average Bonchev–Trinajstić information content (AvgIpc) is 3.73. The highest BCUT2D eigenvalue weighted by molar-refractivity contribution is 6.25. The first-order chi connectivity index (χ1) is 24.8. The van der Waals surface area contributed by atoms with Crippen molar-refractivity contribution in [1.82, 2.24) is 4.57 Å². The lowest BCUT2D eigenvalue weighted by atomic mass is 9.92. The summed E-state index contributed by atoms with van der Waals surface area (Å²) < 4.78 is 8.88. The van der Waals surface area contributed by atoms with Crippen LogP contribution >= 0.6 is 0 Å². The van der Waals surface area contributed by atoms with Gasteiger partial charge in [0.1, 0.15) is 11.2 Å². The summed E-state index contributed by atoms with van der Waals surface area (Å²) in [5.41, 5.74) is 9.97. The van der Waals surface area contributed by atoms with E-state index in [-0.39, 0.29) is 0 Å². The number of nitrogens with zero attached hydrogens (tertiary/aromatic N) is 1. The standard InChI is InChI=1S/C48H29NO/c1-2-15-37-35(13-1)36-14-3-4-16-38(36)44-28-31(23-25-39(37)44)30-11-9-12-33(27-30)49-45-21-7-5-17-40(45)41-26-24-32(29-46(41)49)34-19-10-20-43-42-18-6-8-22-47(42)50-48(34)43/h1-29H. The molecule has 2 nitrogen and oxygen atoms in total. The maximum absolute atomic E-state index is 6.46. The molecule has 11 aromatic rings. The molecule has 0 atom stereocenters. The van der Waals surface area contributed by atoms with Crippen molar-refractivity contribution in [2.45, 2.75) is 0 Å². The van der Waals surface area contributed by atoms with Gasteiger partial charge >= 0.3 is 0 Å². The molecule has 0 bridgehead atoms. The Bertz CT molecular complexity index is 3120. The van der Waals surface area contributed by atoms with Crippen LogP contribution in [0.2, 0.25) is 0 Å². The van der Waals surface area contributed by atoms with Crippen LogP contribution in [0.5, 0.6) is 0 Å². The number of benzene rings is 9. The van der Waals surface area contributed by atoms with Crippen LogP contribution in [-0.4, -0.2) is 4.57 Å². The molecular weight excluding hydrogens is 607 g/mol. The highest BCUT2D eigenvalue weighted by atomic mass is 16.3. The first-order valence-electron chi connectivity index (χ1n) is 17.2. The third-order valence-electron chi connectivity index (χ3n) is 10.6. The van der Waals surface area contributed by atoms with E-state index in [4.69, 9.17) is 4.42 Å². The topological polar surface area (TPSA) is 18.1 Å². The Morgan fingerprint density at radius 1 is 0.320 bits per heavy atom.